The van der Waals surface area contributed by atoms with Crippen molar-refractivity contribution in [2.24, 2.45) is 5.84 Å². The lowest BCUT2D eigenvalue weighted by molar-refractivity contribution is 0.0929. The lowest BCUT2D eigenvalue weighted by atomic mass is 10.1. The lowest BCUT2D eigenvalue weighted by Gasteiger charge is -2.10. The summed E-state index contributed by atoms with van der Waals surface area (Å²) in [6.07, 6.45) is 3.15. The summed E-state index contributed by atoms with van der Waals surface area (Å²) in [5, 5.41) is 2.69. The van der Waals surface area contributed by atoms with Crippen molar-refractivity contribution in [2.45, 2.75) is 20.0 Å². The van der Waals surface area contributed by atoms with E-state index in [1.165, 1.54) is 0 Å². The number of carbonyl (C=O) groups excluding carboxylic acids is 1. The molecule has 1 unspecified atom stereocenters. The fraction of sp³-hybridized carbons (Fsp3) is 0.231. The second kappa shape index (κ2) is 5.72. The SMILES string of the molecule is Cc1cnc(N)cc1-c1c[nH]c(C(=O)NC(C)NN)c1. The van der Waals surface area contributed by atoms with Gasteiger partial charge in [-0.25, -0.2) is 10.4 Å². The minimum atomic E-state index is -0.312. The summed E-state index contributed by atoms with van der Waals surface area (Å²) in [4.78, 5) is 18.9. The van der Waals surface area contributed by atoms with E-state index in [9.17, 15) is 4.79 Å². The van der Waals surface area contributed by atoms with Crippen molar-refractivity contribution in [1.82, 2.24) is 20.7 Å². The van der Waals surface area contributed by atoms with Crippen molar-refractivity contribution in [3.05, 3.63) is 35.8 Å². The van der Waals surface area contributed by atoms with Crippen molar-refractivity contribution >= 4 is 11.7 Å². The van der Waals surface area contributed by atoms with Crippen LogP contribution in [0.15, 0.2) is 24.5 Å². The minimum Gasteiger partial charge on any atom is -0.384 e. The van der Waals surface area contributed by atoms with Crippen LogP contribution in [0, 0.1) is 6.92 Å². The van der Waals surface area contributed by atoms with Crippen molar-refractivity contribution in [3.8, 4) is 11.1 Å². The summed E-state index contributed by atoms with van der Waals surface area (Å²) < 4.78 is 0. The van der Waals surface area contributed by atoms with Crippen molar-refractivity contribution in [2.75, 3.05) is 5.73 Å². The van der Waals surface area contributed by atoms with E-state index in [1.807, 2.05) is 6.92 Å². The highest BCUT2D eigenvalue weighted by Crippen LogP contribution is 2.25. The van der Waals surface area contributed by atoms with Crippen LogP contribution in [0.3, 0.4) is 0 Å². The Morgan fingerprint density at radius 1 is 1.45 bits per heavy atom. The molecule has 0 aliphatic rings. The van der Waals surface area contributed by atoms with Gasteiger partial charge in [-0.15, -0.1) is 0 Å². The van der Waals surface area contributed by atoms with Crippen LogP contribution in [-0.4, -0.2) is 22.0 Å². The van der Waals surface area contributed by atoms with E-state index < -0.39 is 0 Å². The number of H-pyrrole nitrogens is 1. The van der Waals surface area contributed by atoms with Gasteiger partial charge in [0.1, 0.15) is 11.5 Å². The molecule has 20 heavy (non-hydrogen) atoms. The van der Waals surface area contributed by atoms with Gasteiger partial charge < -0.3 is 16.0 Å². The van der Waals surface area contributed by atoms with E-state index in [0.717, 1.165) is 16.7 Å². The predicted molar refractivity (Wildman–Crippen MR) is 77.4 cm³/mol. The van der Waals surface area contributed by atoms with Crippen LogP contribution < -0.4 is 22.3 Å². The summed E-state index contributed by atoms with van der Waals surface area (Å²) >= 11 is 0. The summed E-state index contributed by atoms with van der Waals surface area (Å²) in [5.41, 5.74) is 11.4. The lowest BCUT2D eigenvalue weighted by Crippen LogP contribution is -2.46. The predicted octanol–water partition coefficient (Wildman–Crippen LogP) is 0.506. The molecule has 0 aliphatic heterocycles. The first-order valence-electron chi connectivity index (χ1n) is 6.19. The molecule has 2 heterocycles. The Morgan fingerprint density at radius 2 is 2.20 bits per heavy atom. The molecule has 7 nitrogen and oxygen atoms in total. The molecule has 0 spiro atoms. The van der Waals surface area contributed by atoms with Crippen LogP contribution in [0.5, 0.6) is 0 Å². The number of aryl methyl sites for hydroxylation is 1. The highest BCUT2D eigenvalue weighted by molar-refractivity contribution is 5.94. The standard InChI is InChI=1S/C13H18N6O/c1-7-5-17-12(14)4-10(7)9-3-11(16-6-9)13(20)18-8(2)19-15/h3-6,8,16,19H,15H2,1-2H3,(H2,14,17)(H,18,20). The maximum Gasteiger partial charge on any atom is 0.268 e. The van der Waals surface area contributed by atoms with Crippen LogP contribution in [0.2, 0.25) is 0 Å². The summed E-state index contributed by atoms with van der Waals surface area (Å²) in [5.74, 6) is 5.44. The number of aromatic amines is 1. The van der Waals surface area contributed by atoms with E-state index in [4.69, 9.17) is 11.6 Å². The molecule has 0 saturated heterocycles. The quantitative estimate of drug-likeness (QED) is 0.316. The second-order valence-corrected chi connectivity index (χ2v) is 4.59. The Bertz CT molecular complexity index is 621. The van der Waals surface area contributed by atoms with Gasteiger partial charge in [0, 0.05) is 18.0 Å². The van der Waals surface area contributed by atoms with Gasteiger partial charge >= 0.3 is 0 Å². The first kappa shape index (κ1) is 14.0. The number of hydrazine groups is 1. The molecule has 0 aliphatic carbocycles. The molecule has 7 heteroatoms. The molecule has 1 amide bonds. The number of hydrogen-bond acceptors (Lipinski definition) is 5. The average Bonchev–Trinajstić information content (AvgIpc) is 2.91. The Kier molecular flexibility index (Phi) is 4.02. The number of pyridine rings is 1. The van der Waals surface area contributed by atoms with E-state index in [2.05, 4.69) is 20.7 Å². The van der Waals surface area contributed by atoms with Gasteiger partial charge in [-0.05, 0) is 37.1 Å². The maximum atomic E-state index is 11.9. The highest BCUT2D eigenvalue weighted by Gasteiger charge is 2.12. The number of amides is 1. The molecule has 2 rings (SSSR count). The molecule has 2 aromatic heterocycles. The topological polar surface area (TPSA) is 122 Å². The zero-order valence-corrected chi connectivity index (χ0v) is 11.4. The van der Waals surface area contributed by atoms with Crippen molar-refractivity contribution in [1.29, 1.82) is 0 Å². The van der Waals surface area contributed by atoms with Gasteiger partial charge in [0.2, 0.25) is 0 Å². The molecule has 0 radical (unpaired) electrons. The number of nitrogen functional groups attached to an aromatic ring is 1. The molecule has 0 saturated carbocycles. The molecule has 0 aromatic carbocycles. The van der Waals surface area contributed by atoms with Crippen LogP contribution >= 0.6 is 0 Å². The minimum absolute atomic E-state index is 0.235. The first-order valence-corrected chi connectivity index (χ1v) is 6.19. The third-order valence-corrected chi connectivity index (χ3v) is 2.96. The maximum absolute atomic E-state index is 11.9. The highest BCUT2D eigenvalue weighted by atomic mass is 16.2. The molecule has 0 fully saturated rings. The number of carbonyl (C=O) groups is 1. The third-order valence-electron chi connectivity index (χ3n) is 2.96. The Hall–Kier alpha value is -2.38. The Balaban J connectivity index is 2.24. The number of anilines is 1. The summed E-state index contributed by atoms with van der Waals surface area (Å²) in [6, 6.07) is 3.55. The van der Waals surface area contributed by atoms with Crippen molar-refractivity contribution in [3.63, 3.8) is 0 Å². The van der Waals surface area contributed by atoms with Crippen LogP contribution in [0.1, 0.15) is 23.0 Å². The zero-order chi connectivity index (χ0) is 14.7. The van der Waals surface area contributed by atoms with Gasteiger partial charge in [-0.2, -0.15) is 0 Å². The van der Waals surface area contributed by atoms with Crippen LogP contribution in [0.4, 0.5) is 5.82 Å². The Labute approximate surface area is 116 Å². The third kappa shape index (κ3) is 2.95. The molecule has 106 valence electrons. The fourth-order valence-corrected chi connectivity index (χ4v) is 1.85. The smallest absolute Gasteiger partial charge is 0.268 e. The van der Waals surface area contributed by atoms with Crippen LogP contribution in [0.25, 0.3) is 11.1 Å². The van der Waals surface area contributed by atoms with Gasteiger partial charge in [-0.3, -0.25) is 10.6 Å². The first-order chi connectivity index (χ1) is 9.51. The van der Waals surface area contributed by atoms with Crippen LogP contribution in [-0.2, 0) is 0 Å². The fourth-order valence-electron chi connectivity index (χ4n) is 1.85. The largest absolute Gasteiger partial charge is 0.384 e. The molecule has 0 bridgehead atoms. The number of rotatable bonds is 4. The zero-order valence-electron chi connectivity index (χ0n) is 11.4. The molecular weight excluding hydrogens is 256 g/mol. The van der Waals surface area contributed by atoms with E-state index in [0.29, 0.717) is 11.5 Å². The summed E-state index contributed by atoms with van der Waals surface area (Å²) in [7, 11) is 0. The Morgan fingerprint density at radius 3 is 2.90 bits per heavy atom. The van der Waals surface area contributed by atoms with E-state index >= 15 is 0 Å². The molecular formula is C13H18N6O. The number of nitrogens with two attached hydrogens (primary N) is 2. The monoisotopic (exact) mass is 274 g/mol. The van der Waals surface area contributed by atoms with E-state index in [1.54, 1.807) is 31.5 Å². The average molecular weight is 274 g/mol. The molecule has 1 atom stereocenters. The van der Waals surface area contributed by atoms with E-state index in [-0.39, 0.29) is 12.1 Å². The normalized spacial score (nSPS) is 12.2. The van der Waals surface area contributed by atoms with Gasteiger partial charge in [0.25, 0.3) is 5.91 Å². The molecule has 7 N–H and O–H groups in total. The number of nitrogens with zero attached hydrogens (tertiary/aromatic N) is 1. The van der Waals surface area contributed by atoms with Gasteiger partial charge in [0.15, 0.2) is 0 Å². The van der Waals surface area contributed by atoms with Gasteiger partial charge in [-0.1, -0.05) is 0 Å². The second-order valence-electron chi connectivity index (χ2n) is 4.59. The number of nitrogens with one attached hydrogen (secondary N) is 3. The van der Waals surface area contributed by atoms with Crippen molar-refractivity contribution < 1.29 is 4.79 Å². The molecule has 2 aromatic rings. The number of hydrogen-bond donors (Lipinski definition) is 5. The van der Waals surface area contributed by atoms with Gasteiger partial charge in [0.05, 0.1) is 6.17 Å². The summed E-state index contributed by atoms with van der Waals surface area (Å²) in [6.45, 7) is 3.68. The number of aromatic nitrogens is 2.